The molecule has 0 bridgehead atoms. The van der Waals surface area contributed by atoms with Crippen LogP contribution in [0.15, 0.2) is 21.7 Å². The lowest BCUT2D eigenvalue weighted by atomic mass is 10.4. The van der Waals surface area contributed by atoms with Gasteiger partial charge in [0.05, 0.1) is 6.21 Å². The summed E-state index contributed by atoms with van der Waals surface area (Å²) >= 11 is 0. The summed E-state index contributed by atoms with van der Waals surface area (Å²) in [5, 5.41) is 14.3. The fourth-order valence-corrected chi connectivity index (χ4v) is 0.719. The van der Waals surface area contributed by atoms with Crippen molar-refractivity contribution < 1.29 is 4.42 Å². The van der Waals surface area contributed by atoms with Gasteiger partial charge < -0.3 is 9.43 Å². The molecule has 13 heavy (non-hydrogen) atoms. The lowest BCUT2D eigenvalue weighted by molar-refractivity contribution is 0.376. The summed E-state index contributed by atoms with van der Waals surface area (Å²) in [7, 11) is 1.87. The van der Waals surface area contributed by atoms with Crippen molar-refractivity contribution in [1.82, 2.24) is 5.01 Å². The highest BCUT2D eigenvalue weighted by atomic mass is 16.3. The number of furan rings is 1. The topological polar surface area (TPSA) is 52.5 Å². The minimum atomic E-state index is 0.306. The van der Waals surface area contributed by atoms with Crippen LogP contribution in [0.4, 0.5) is 0 Å². The molecule has 0 aromatic carbocycles. The molecular formula is C9H11N3O. The van der Waals surface area contributed by atoms with Crippen molar-refractivity contribution in [2.45, 2.75) is 6.92 Å². The third kappa shape index (κ3) is 2.64. The highest BCUT2D eigenvalue weighted by molar-refractivity contribution is 5.75. The van der Waals surface area contributed by atoms with Crippen LogP contribution in [0.5, 0.6) is 0 Å². The molecule has 0 radical (unpaired) electrons. The van der Waals surface area contributed by atoms with Gasteiger partial charge in [0.1, 0.15) is 11.8 Å². The van der Waals surface area contributed by atoms with Crippen LogP contribution in [0.25, 0.3) is 0 Å². The SMILES string of the molecule is CCN(C)/N=C/c1ccc(C#N)o1. The fraction of sp³-hybridized carbons (Fsp3) is 0.333. The Balaban J connectivity index is 2.64. The van der Waals surface area contributed by atoms with Crippen molar-refractivity contribution in [3.05, 3.63) is 23.7 Å². The molecule has 0 atom stereocenters. The van der Waals surface area contributed by atoms with Crippen LogP contribution in [-0.2, 0) is 0 Å². The molecule has 0 fully saturated rings. The van der Waals surface area contributed by atoms with E-state index >= 15 is 0 Å². The molecule has 0 amide bonds. The van der Waals surface area contributed by atoms with E-state index in [4.69, 9.17) is 9.68 Å². The zero-order valence-corrected chi connectivity index (χ0v) is 7.69. The third-order valence-electron chi connectivity index (χ3n) is 1.58. The number of nitrogens with zero attached hydrogens (tertiary/aromatic N) is 3. The van der Waals surface area contributed by atoms with Crippen LogP contribution in [0.2, 0.25) is 0 Å². The van der Waals surface area contributed by atoms with Crippen LogP contribution in [0, 0.1) is 11.3 Å². The summed E-state index contributed by atoms with van der Waals surface area (Å²) in [5.41, 5.74) is 0. The van der Waals surface area contributed by atoms with Gasteiger partial charge in [-0.1, -0.05) is 0 Å². The molecule has 4 heteroatoms. The van der Waals surface area contributed by atoms with Crippen LogP contribution < -0.4 is 0 Å². The van der Waals surface area contributed by atoms with Gasteiger partial charge in [0, 0.05) is 13.6 Å². The fourth-order valence-electron chi connectivity index (χ4n) is 0.719. The van der Waals surface area contributed by atoms with Gasteiger partial charge in [-0.2, -0.15) is 10.4 Å². The molecule has 1 rings (SSSR count). The molecule has 1 heterocycles. The van der Waals surface area contributed by atoms with Crippen LogP contribution in [-0.4, -0.2) is 24.8 Å². The van der Waals surface area contributed by atoms with Crippen LogP contribution in [0.3, 0.4) is 0 Å². The second-order valence-electron chi connectivity index (χ2n) is 2.53. The number of hydrogen-bond donors (Lipinski definition) is 0. The average molecular weight is 177 g/mol. The normalized spacial score (nSPS) is 10.2. The number of rotatable bonds is 3. The summed E-state index contributed by atoms with van der Waals surface area (Å²) < 4.78 is 5.09. The zero-order valence-electron chi connectivity index (χ0n) is 7.69. The smallest absolute Gasteiger partial charge is 0.204 e. The minimum Gasteiger partial charge on any atom is -0.445 e. The number of hydrogen-bond acceptors (Lipinski definition) is 4. The molecule has 4 nitrogen and oxygen atoms in total. The quantitative estimate of drug-likeness (QED) is 0.518. The van der Waals surface area contributed by atoms with Gasteiger partial charge in [0.15, 0.2) is 0 Å². The van der Waals surface area contributed by atoms with Crippen molar-refractivity contribution in [2.24, 2.45) is 5.10 Å². The molecule has 0 N–H and O–H groups in total. The van der Waals surface area contributed by atoms with E-state index in [1.165, 1.54) is 0 Å². The molecule has 0 aliphatic carbocycles. The Morgan fingerprint density at radius 3 is 3.00 bits per heavy atom. The first-order valence-electron chi connectivity index (χ1n) is 4.01. The Bertz CT molecular complexity index is 335. The van der Waals surface area contributed by atoms with E-state index < -0.39 is 0 Å². The Hall–Kier alpha value is -1.76. The predicted molar refractivity (Wildman–Crippen MR) is 49.3 cm³/mol. The second kappa shape index (κ2) is 4.31. The second-order valence-corrected chi connectivity index (χ2v) is 2.53. The minimum absolute atomic E-state index is 0.306. The highest BCUT2D eigenvalue weighted by Gasteiger charge is 1.96. The molecular weight excluding hydrogens is 166 g/mol. The number of hydrazone groups is 1. The lowest BCUT2D eigenvalue weighted by Crippen LogP contribution is -2.09. The maximum absolute atomic E-state index is 8.48. The molecule has 0 aliphatic rings. The van der Waals surface area contributed by atoms with Crippen molar-refractivity contribution in [3.63, 3.8) is 0 Å². The molecule has 68 valence electrons. The Morgan fingerprint density at radius 1 is 1.69 bits per heavy atom. The van der Waals surface area contributed by atoms with E-state index in [1.807, 2.05) is 20.0 Å². The Morgan fingerprint density at radius 2 is 2.46 bits per heavy atom. The predicted octanol–water partition coefficient (Wildman–Crippen LogP) is 1.44. The van der Waals surface area contributed by atoms with Crippen molar-refractivity contribution >= 4 is 6.21 Å². The molecule has 0 saturated heterocycles. The Kier molecular flexibility index (Phi) is 3.09. The van der Waals surface area contributed by atoms with Gasteiger partial charge in [0.25, 0.3) is 0 Å². The van der Waals surface area contributed by atoms with Crippen LogP contribution >= 0.6 is 0 Å². The van der Waals surface area contributed by atoms with Gasteiger partial charge in [0.2, 0.25) is 5.76 Å². The summed E-state index contributed by atoms with van der Waals surface area (Å²) in [6.07, 6.45) is 1.59. The van der Waals surface area contributed by atoms with Gasteiger partial charge in [-0.3, -0.25) is 0 Å². The van der Waals surface area contributed by atoms with Crippen LogP contribution in [0.1, 0.15) is 18.4 Å². The van der Waals surface area contributed by atoms with E-state index in [-0.39, 0.29) is 0 Å². The zero-order chi connectivity index (χ0) is 9.68. The third-order valence-corrected chi connectivity index (χ3v) is 1.58. The van der Waals surface area contributed by atoms with E-state index in [1.54, 1.807) is 23.4 Å². The van der Waals surface area contributed by atoms with Crippen molar-refractivity contribution in [2.75, 3.05) is 13.6 Å². The van der Waals surface area contributed by atoms with E-state index in [2.05, 4.69) is 5.10 Å². The summed E-state index contributed by atoms with van der Waals surface area (Å²) in [4.78, 5) is 0. The standard InChI is InChI=1S/C9H11N3O/c1-3-12(2)11-7-9-5-4-8(6-10)13-9/h4-5,7H,3H2,1-2H3/b11-7+. The molecule has 1 aromatic heterocycles. The van der Waals surface area contributed by atoms with Gasteiger partial charge in [-0.25, -0.2) is 0 Å². The number of nitriles is 1. The van der Waals surface area contributed by atoms with E-state index in [9.17, 15) is 0 Å². The first-order chi connectivity index (χ1) is 6.26. The summed E-state index contributed by atoms with van der Waals surface area (Å²) in [5.74, 6) is 0.900. The molecule has 0 spiro atoms. The highest BCUT2D eigenvalue weighted by Crippen LogP contribution is 2.03. The molecule has 0 aliphatic heterocycles. The average Bonchev–Trinajstić information content (AvgIpc) is 2.61. The first kappa shape index (κ1) is 9.33. The van der Waals surface area contributed by atoms with E-state index in [0.29, 0.717) is 11.5 Å². The van der Waals surface area contributed by atoms with Gasteiger partial charge in [-0.05, 0) is 19.1 Å². The maximum atomic E-state index is 8.48. The van der Waals surface area contributed by atoms with E-state index in [0.717, 1.165) is 6.54 Å². The monoisotopic (exact) mass is 177 g/mol. The van der Waals surface area contributed by atoms with Crippen molar-refractivity contribution in [1.29, 1.82) is 5.26 Å². The molecule has 0 unspecified atom stereocenters. The first-order valence-corrected chi connectivity index (χ1v) is 4.01. The molecule has 0 saturated carbocycles. The van der Waals surface area contributed by atoms with Gasteiger partial charge >= 0.3 is 0 Å². The van der Waals surface area contributed by atoms with Crippen molar-refractivity contribution in [3.8, 4) is 6.07 Å². The largest absolute Gasteiger partial charge is 0.445 e. The lowest BCUT2D eigenvalue weighted by Gasteiger charge is -2.06. The van der Waals surface area contributed by atoms with Gasteiger partial charge in [-0.15, -0.1) is 0 Å². The molecule has 1 aromatic rings. The maximum Gasteiger partial charge on any atom is 0.204 e. The Labute approximate surface area is 77.1 Å². The summed E-state index contributed by atoms with van der Waals surface area (Å²) in [6.45, 7) is 2.84. The summed E-state index contributed by atoms with van der Waals surface area (Å²) in [6, 6.07) is 5.24.